The number of hydrogen-bond donors (Lipinski definition) is 0. The zero-order chi connectivity index (χ0) is 18.0. The van der Waals surface area contributed by atoms with E-state index in [2.05, 4.69) is 34.8 Å². The summed E-state index contributed by atoms with van der Waals surface area (Å²) < 4.78 is 0. The van der Waals surface area contributed by atoms with Gasteiger partial charge < -0.3 is 9.80 Å². The molecule has 0 spiro atoms. The van der Waals surface area contributed by atoms with Gasteiger partial charge in [0.25, 0.3) is 0 Å². The van der Waals surface area contributed by atoms with Crippen molar-refractivity contribution in [1.82, 2.24) is 19.8 Å². The second-order valence-corrected chi connectivity index (χ2v) is 8.83. The molecular weight excluding hydrogens is 352 g/mol. The first-order chi connectivity index (χ1) is 12.0. The van der Waals surface area contributed by atoms with Crippen LogP contribution in [-0.4, -0.2) is 63.6 Å². The quantitative estimate of drug-likeness (QED) is 0.591. The van der Waals surface area contributed by atoms with E-state index < -0.39 is 0 Å². The van der Waals surface area contributed by atoms with Gasteiger partial charge in [0.15, 0.2) is 0 Å². The highest BCUT2D eigenvalue weighted by Gasteiger charge is 2.26. The summed E-state index contributed by atoms with van der Waals surface area (Å²) in [6.45, 7) is 12.9. The summed E-state index contributed by atoms with van der Waals surface area (Å²) >= 11 is 3.30. The number of rotatable bonds is 5. The zero-order valence-electron chi connectivity index (χ0n) is 15.4. The van der Waals surface area contributed by atoms with Crippen molar-refractivity contribution in [3.8, 4) is 0 Å². The Balaban J connectivity index is 1.74. The van der Waals surface area contributed by atoms with Gasteiger partial charge in [-0.15, -0.1) is 11.3 Å². The maximum absolute atomic E-state index is 12.8. The van der Waals surface area contributed by atoms with Gasteiger partial charge in [0.1, 0.15) is 15.7 Å². The summed E-state index contributed by atoms with van der Waals surface area (Å²) in [6, 6.07) is 2.18. The van der Waals surface area contributed by atoms with Gasteiger partial charge in [-0.1, -0.05) is 25.6 Å². The van der Waals surface area contributed by atoms with Crippen LogP contribution in [-0.2, 0) is 11.2 Å². The Morgan fingerprint density at radius 1 is 1.28 bits per heavy atom. The molecule has 0 bridgehead atoms. The molecule has 1 saturated heterocycles. The van der Waals surface area contributed by atoms with Crippen LogP contribution in [0.5, 0.6) is 0 Å². The molecule has 1 aliphatic rings. The lowest BCUT2D eigenvalue weighted by molar-refractivity contribution is -0.132. The number of carbonyl (C=O) groups is 1. The Bertz CT molecular complexity index is 753. The van der Waals surface area contributed by atoms with Gasteiger partial charge >= 0.3 is 0 Å². The first kappa shape index (κ1) is 18.6. The molecule has 5 nitrogen and oxygen atoms in total. The van der Waals surface area contributed by atoms with E-state index in [4.69, 9.17) is 0 Å². The fraction of sp³-hybridized carbons (Fsp3) is 0.611. The molecule has 1 atom stereocenters. The number of amides is 1. The third kappa shape index (κ3) is 4.15. The van der Waals surface area contributed by atoms with Crippen molar-refractivity contribution in [1.29, 1.82) is 0 Å². The van der Waals surface area contributed by atoms with Gasteiger partial charge in [0, 0.05) is 36.4 Å². The molecule has 0 saturated carbocycles. The van der Waals surface area contributed by atoms with Crippen LogP contribution < -0.4 is 0 Å². The zero-order valence-corrected chi connectivity index (χ0v) is 17.0. The summed E-state index contributed by atoms with van der Waals surface area (Å²) in [4.78, 5) is 28.7. The van der Waals surface area contributed by atoms with Crippen LogP contribution in [0.1, 0.15) is 31.5 Å². The number of fused-ring (bicyclic) bond motifs is 1. The minimum Gasteiger partial charge on any atom is -0.339 e. The van der Waals surface area contributed by atoms with Crippen LogP contribution in [0.3, 0.4) is 0 Å². The molecule has 7 heteroatoms. The van der Waals surface area contributed by atoms with Gasteiger partial charge in [-0.3, -0.25) is 4.79 Å². The molecule has 2 aromatic rings. The third-order valence-corrected chi connectivity index (χ3v) is 6.90. The monoisotopic (exact) mass is 378 g/mol. The fourth-order valence-electron chi connectivity index (χ4n) is 3.07. The minimum atomic E-state index is -0.129. The summed E-state index contributed by atoms with van der Waals surface area (Å²) in [5.74, 6) is 0.992. The van der Waals surface area contributed by atoms with Crippen molar-refractivity contribution in [3.05, 3.63) is 16.8 Å². The lowest BCUT2D eigenvalue weighted by Crippen LogP contribution is -2.50. The predicted octanol–water partition coefficient (Wildman–Crippen LogP) is 3.21. The van der Waals surface area contributed by atoms with Crippen LogP contribution in [0.4, 0.5) is 0 Å². The molecular formula is C18H26N4OS2. The number of carbonyl (C=O) groups excluding carboxylic acids is 1. The number of aromatic nitrogens is 2. The largest absolute Gasteiger partial charge is 0.339 e. The van der Waals surface area contributed by atoms with E-state index in [1.54, 1.807) is 23.1 Å². The molecule has 0 aliphatic carbocycles. The van der Waals surface area contributed by atoms with Crippen LogP contribution in [0.2, 0.25) is 0 Å². The molecule has 136 valence electrons. The summed E-state index contributed by atoms with van der Waals surface area (Å²) in [5, 5.41) is 1.90. The third-order valence-electron chi connectivity index (χ3n) is 4.64. The van der Waals surface area contributed by atoms with Crippen molar-refractivity contribution < 1.29 is 4.79 Å². The molecule has 0 radical (unpaired) electrons. The van der Waals surface area contributed by atoms with E-state index in [1.807, 2.05) is 18.7 Å². The van der Waals surface area contributed by atoms with E-state index in [0.717, 1.165) is 60.2 Å². The predicted molar refractivity (Wildman–Crippen MR) is 106 cm³/mol. The maximum atomic E-state index is 12.8. The Morgan fingerprint density at radius 2 is 2.00 bits per heavy atom. The van der Waals surface area contributed by atoms with Crippen molar-refractivity contribution in [2.75, 3.05) is 32.7 Å². The average molecular weight is 379 g/mol. The first-order valence-corrected chi connectivity index (χ1v) is 10.7. The van der Waals surface area contributed by atoms with Crippen LogP contribution in [0.25, 0.3) is 10.2 Å². The summed E-state index contributed by atoms with van der Waals surface area (Å²) in [6.07, 6.45) is 1.00. The maximum Gasteiger partial charge on any atom is 0.235 e. The lowest BCUT2D eigenvalue weighted by Gasteiger charge is -2.35. The van der Waals surface area contributed by atoms with Gasteiger partial charge in [0.2, 0.25) is 5.91 Å². The number of thioether (sulfide) groups is 1. The molecule has 1 unspecified atom stereocenters. The molecule has 0 N–H and O–H groups in total. The van der Waals surface area contributed by atoms with Gasteiger partial charge in [-0.2, -0.15) is 0 Å². The molecule has 25 heavy (non-hydrogen) atoms. The number of hydrogen-bond acceptors (Lipinski definition) is 6. The summed E-state index contributed by atoms with van der Waals surface area (Å²) in [5.41, 5.74) is 0. The standard InChI is InChI=1S/C18H26N4OS2/c1-5-14-11-15-16(19-13(4)20-17(15)25-14)24-12(3)18(23)22-9-7-21(6-2)8-10-22/h11-12H,5-10H2,1-4H3. The van der Waals surface area contributed by atoms with Gasteiger partial charge in [-0.25, -0.2) is 9.97 Å². The Labute approximate surface area is 157 Å². The SMILES string of the molecule is CCc1cc2c(SC(C)C(=O)N3CCN(CC)CC3)nc(C)nc2s1. The smallest absolute Gasteiger partial charge is 0.235 e. The van der Waals surface area contributed by atoms with E-state index in [0.29, 0.717) is 0 Å². The first-order valence-electron chi connectivity index (χ1n) is 8.96. The van der Waals surface area contributed by atoms with Crippen LogP contribution in [0.15, 0.2) is 11.1 Å². The van der Waals surface area contributed by atoms with Crippen LogP contribution in [0, 0.1) is 6.92 Å². The van der Waals surface area contributed by atoms with E-state index in [9.17, 15) is 4.79 Å². The number of likely N-dealkylation sites (N-methyl/N-ethyl adjacent to an activating group) is 1. The highest BCUT2D eigenvalue weighted by Crippen LogP contribution is 2.34. The number of aryl methyl sites for hydroxylation is 2. The lowest BCUT2D eigenvalue weighted by atomic mass is 10.3. The Kier molecular flexibility index (Phi) is 5.96. The number of nitrogens with zero attached hydrogens (tertiary/aromatic N) is 4. The van der Waals surface area contributed by atoms with Crippen molar-refractivity contribution in [2.24, 2.45) is 0 Å². The van der Waals surface area contributed by atoms with E-state index in [-0.39, 0.29) is 11.2 Å². The fourth-order valence-corrected chi connectivity index (χ4v) is 5.20. The molecule has 2 aromatic heterocycles. The highest BCUT2D eigenvalue weighted by atomic mass is 32.2. The molecule has 1 aliphatic heterocycles. The van der Waals surface area contributed by atoms with Gasteiger partial charge in [0.05, 0.1) is 5.25 Å². The van der Waals surface area contributed by atoms with E-state index in [1.165, 1.54) is 4.88 Å². The van der Waals surface area contributed by atoms with Crippen LogP contribution >= 0.6 is 23.1 Å². The summed E-state index contributed by atoms with van der Waals surface area (Å²) in [7, 11) is 0. The Morgan fingerprint density at radius 3 is 2.64 bits per heavy atom. The molecule has 3 heterocycles. The van der Waals surface area contributed by atoms with Crippen molar-refractivity contribution in [2.45, 2.75) is 44.4 Å². The second-order valence-electron chi connectivity index (χ2n) is 6.38. The highest BCUT2D eigenvalue weighted by molar-refractivity contribution is 8.00. The van der Waals surface area contributed by atoms with E-state index >= 15 is 0 Å². The topological polar surface area (TPSA) is 49.3 Å². The second kappa shape index (κ2) is 8.01. The molecule has 0 aromatic carbocycles. The van der Waals surface area contributed by atoms with Crippen molar-refractivity contribution in [3.63, 3.8) is 0 Å². The van der Waals surface area contributed by atoms with Crippen molar-refractivity contribution >= 4 is 39.2 Å². The van der Waals surface area contributed by atoms with Gasteiger partial charge in [-0.05, 0) is 32.9 Å². The Hall–Kier alpha value is -1.18. The molecule has 1 fully saturated rings. The molecule has 1 amide bonds. The normalized spacial score (nSPS) is 17.2. The minimum absolute atomic E-state index is 0.129. The average Bonchev–Trinajstić information content (AvgIpc) is 3.04. The number of thiophene rings is 1. The number of piperazine rings is 1. The molecule has 3 rings (SSSR count).